The lowest BCUT2D eigenvalue weighted by molar-refractivity contribution is 0.0816. The molecule has 10 heteroatoms. The lowest BCUT2D eigenvalue weighted by Gasteiger charge is -2.18. The summed E-state index contributed by atoms with van der Waals surface area (Å²) in [7, 11) is -2.36. The number of hydrogen-bond acceptors (Lipinski definition) is 4. The zero-order valence-corrected chi connectivity index (χ0v) is 11.5. The number of hydrogen-bond donors (Lipinski definition) is 3. The van der Waals surface area contributed by atoms with Gasteiger partial charge in [-0.25, -0.2) is 0 Å². The first kappa shape index (κ1) is 16.1. The van der Waals surface area contributed by atoms with E-state index in [4.69, 9.17) is 26.9 Å². The molecule has 1 fully saturated rings. The summed E-state index contributed by atoms with van der Waals surface area (Å²) in [6.07, 6.45) is -0.110. The lowest BCUT2D eigenvalue weighted by Crippen LogP contribution is -2.23. The van der Waals surface area contributed by atoms with Gasteiger partial charge in [-0.05, 0) is 6.08 Å². The van der Waals surface area contributed by atoms with Crippen LogP contribution in [0.15, 0.2) is 11.9 Å². The second-order valence-corrected chi connectivity index (χ2v) is 7.50. The standard InChI is InChI=1S/C8H15BO7P2/c1-2-18(13,14)16-7-5-6(15-8(7)9)3-4-17(10,11)12/h3-4,6-8H,2,5H2,1H3,(H,13,14)(H2,10,11,12)/b4-3+/t6-,7-,8-/m1/s1. The minimum absolute atomic E-state index is 0.0425. The normalized spacial score (nSPS) is 32.8. The van der Waals surface area contributed by atoms with Crippen molar-refractivity contribution >= 4 is 23.0 Å². The van der Waals surface area contributed by atoms with Gasteiger partial charge in [0.25, 0.3) is 0 Å². The maximum atomic E-state index is 11.4. The fraction of sp³-hybridized carbons (Fsp3) is 0.750. The van der Waals surface area contributed by atoms with E-state index in [0.717, 1.165) is 0 Å². The summed E-state index contributed by atoms with van der Waals surface area (Å²) in [5, 5.41) is 0. The molecule has 1 aliphatic heterocycles. The molecule has 4 atom stereocenters. The van der Waals surface area contributed by atoms with Crippen LogP contribution in [-0.2, 0) is 18.4 Å². The van der Waals surface area contributed by atoms with Gasteiger partial charge in [-0.2, -0.15) is 0 Å². The Morgan fingerprint density at radius 1 is 1.44 bits per heavy atom. The Hall–Kier alpha value is 0.0649. The predicted molar refractivity (Wildman–Crippen MR) is 65.5 cm³/mol. The minimum atomic E-state index is -4.25. The van der Waals surface area contributed by atoms with Crippen molar-refractivity contribution < 1.29 is 33.1 Å². The van der Waals surface area contributed by atoms with Crippen LogP contribution in [0.25, 0.3) is 0 Å². The molecule has 2 radical (unpaired) electrons. The van der Waals surface area contributed by atoms with Crippen LogP contribution in [0, 0.1) is 0 Å². The highest BCUT2D eigenvalue weighted by atomic mass is 31.2. The highest BCUT2D eigenvalue weighted by Gasteiger charge is 2.35. The minimum Gasteiger partial charge on any atom is -0.378 e. The highest BCUT2D eigenvalue weighted by Crippen LogP contribution is 2.45. The van der Waals surface area contributed by atoms with Crippen molar-refractivity contribution in [3.8, 4) is 0 Å². The average molecular weight is 296 g/mol. The molecule has 0 spiro atoms. The number of ether oxygens (including phenoxy) is 1. The van der Waals surface area contributed by atoms with Gasteiger partial charge in [-0.15, -0.1) is 0 Å². The molecule has 1 unspecified atom stereocenters. The van der Waals surface area contributed by atoms with Gasteiger partial charge in [0.15, 0.2) is 0 Å². The first-order valence-corrected chi connectivity index (χ1v) is 8.73. The summed E-state index contributed by atoms with van der Waals surface area (Å²) >= 11 is 0. The van der Waals surface area contributed by atoms with E-state index < -0.39 is 33.4 Å². The summed E-state index contributed by atoms with van der Waals surface area (Å²) in [6, 6.07) is -0.900. The van der Waals surface area contributed by atoms with Crippen LogP contribution in [0.1, 0.15) is 13.3 Å². The van der Waals surface area contributed by atoms with Crippen molar-refractivity contribution in [1.29, 1.82) is 0 Å². The Bertz CT molecular complexity index is 406. The monoisotopic (exact) mass is 296 g/mol. The quantitative estimate of drug-likeness (QED) is 0.501. The molecule has 7 nitrogen and oxygen atoms in total. The second kappa shape index (κ2) is 6.01. The van der Waals surface area contributed by atoms with E-state index in [0.29, 0.717) is 5.82 Å². The van der Waals surface area contributed by atoms with Crippen LogP contribution in [-0.4, -0.2) is 46.9 Å². The average Bonchev–Trinajstić information content (AvgIpc) is 2.55. The fourth-order valence-corrected chi connectivity index (χ4v) is 2.62. The lowest BCUT2D eigenvalue weighted by atomic mass is 9.94. The molecule has 0 bridgehead atoms. The molecular weight excluding hydrogens is 281 g/mol. The van der Waals surface area contributed by atoms with Crippen LogP contribution in [0.4, 0.5) is 0 Å². The summed E-state index contributed by atoms with van der Waals surface area (Å²) in [6.45, 7) is 1.51. The first-order valence-electron chi connectivity index (χ1n) is 5.29. The molecule has 1 aliphatic rings. The summed E-state index contributed by atoms with van der Waals surface area (Å²) in [5.74, 6) is 0.713. The van der Waals surface area contributed by atoms with E-state index in [1.807, 2.05) is 0 Å². The van der Waals surface area contributed by atoms with Crippen molar-refractivity contribution in [1.82, 2.24) is 0 Å². The molecule has 3 N–H and O–H groups in total. The predicted octanol–water partition coefficient (Wildman–Crippen LogP) is 0.552. The van der Waals surface area contributed by atoms with E-state index >= 15 is 0 Å². The van der Waals surface area contributed by atoms with Crippen LogP contribution in [0.2, 0.25) is 0 Å². The summed E-state index contributed by atoms with van der Waals surface area (Å²) in [5.41, 5.74) is 0. The molecule has 0 aromatic carbocycles. The maximum absolute atomic E-state index is 11.4. The van der Waals surface area contributed by atoms with E-state index in [1.54, 1.807) is 0 Å². The van der Waals surface area contributed by atoms with Crippen molar-refractivity contribution in [3.63, 3.8) is 0 Å². The van der Waals surface area contributed by atoms with Gasteiger partial charge in [0, 0.05) is 24.4 Å². The first-order chi connectivity index (χ1) is 8.13. The highest BCUT2D eigenvalue weighted by molar-refractivity contribution is 7.55. The Morgan fingerprint density at radius 3 is 2.56 bits per heavy atom. The molecule has 0 saturated carbocycles. The van der Waals surface area contributed by atoms with Crippen LogP contribution in [0.5, 0.6) is 0 Å². The molecule has 1 rings (SSSR count). The zero-order chi connectivity index (χ0) is 14.0. The van der Waals surface area contributed by atoms with Crippen molar-refractivity contribution in [2.75, 3.05) is 6.16 Å². The molecule has 18 heavy (non-hydrogen) atoms. The maximum Gasteiger partial charge on any atom is 0.348 e. The summed E-state index contributed by atoms with van der Waals surface area (Å²) < 4.78 is 32.1. The van der Waals surface area contributed by atoms with Crippen LogP contribution < -0.4 is 0 Å². The van der Waals surface area contributed by atoms with Gasteiger partial charge >= 0.3 is 15.2 Å². The molecule has 0 aromatic heterocycles. The Morgan fingerprint density at radius 2 is 2.06 bits per heavy atom. The van der Waals surface area contributed by atoms with Gasteiger partial charge < -0.3 is 23.9 Å². The second-order valence-electron chi connectivity index (χ2n) is 3.90. The van der Waals surface area contributed by atoms with Gasteiger partial charge in [-0.3, -0.25) is 9.13 Å². The van der Waals surface area contributed by atoms with Gasteiger partial charge in [-0.1, -0.05) is 6.92 Å². The molecule has 0 aromatic rings. The van der Waals surface area contributed by atoms with E-state index in [9.17, 15) is 14.0 Å². The zero-order valence-electron chi connectivity index (χ0n) is 9.75. The SMILES string of the molecule is [B][C@@H]1O[C@H](/C=C/P(=O)(O)O)C[C@H]1OP(=O)(O)CC. The van der Waals surface area contributed by atoms with E-state index in [1.165, 1.54) is 13.0 Å². The Kier molecular flexibility index (Phi) is 5.38. The Balaban J connectivity index is 2.60. The fourth-order valence-electron chi connectivity index (χ4n) is 1.43. The largest absolute Gasteiger partial charge is 0.378 e. The molecule has 1 saturated heterocycles. The topological polar surface area (TPSA) is 113 Å². The number of rotatable bonds is 5. The van der Waals surface area contributed by atoms with Crippen molar-refractivity contribution in [3.05, 3.63) is 11.9 Å². The molecule has 0 aliphatic carbocycles. The van der Waals surface area contributed by atoms with E-state index in [2.05, 4.69) is 0 Å². The van der Waals surface area contributed by atoms with Crippen molar-refractivity contribution in [2.45, 2.75) is 31.6 Å². The third-order valence-electron chi connectivity index (χ3n) is 2.36. The van der Waals surface area contributed by atoms with Crippen molar-refractivity contribution in [2.24, 2.45) is 0 Å². The third kappa shape index (κ3) is 5.37. The van der Waals surface area contributed by atoms with Gasteiger partial charge in [0.1, 0.15) is 7.85 Å². The van der Waals surface area contributed by atoms with Gasteiger partial charge in [0.2, 0.25) is 0 Å². The van der Waals surface area contributed by atoms with E-state index in [-0.39, 0.29) is 12.6 Å². The molecule has 0 amide bonds. The smallest absolute Gasteiger partial charge is 0.348 e. The molecule has 102 valence electrons. The van der Waals surface area contributed by atoms with Crippen LogP contribution >= 0.6 is 15.2 Å². The third-order valence-corrected chi connectivity index (χ3v) is 4.32. The summed E-state index contributed by atoms with van der Waals surface area (Å²) in [4.78, 5) is 26.6. The Labute approximate surface area is 106 Å². The van der Waals surface area contributed by atoms with Crippen LogP contribution in [0.3, 0.4) is 0 Å². The van der Waals surface area contributed by atoms with Gasteiger partial charge in [0.05, 0.1) is 12.2 Å². The molecule has 1 heterocycles. The molecular formula is C8H15BO7P2.